The van der Waals surface area contributed by atoms with E-state index >= 15 is 0 Å². The van der Waals surface area contributed by atoms with E-state index in [1.807, 2.05) is 6.07 Å². The summed E-state index contributed by atoms with van der Waals surface area (Å²) in [6.45, 7) is 0. The molecular formula is C15H12ClNO2. The number of hydrogen-bond acceptors (Lipinski definition) is 3. The maximum absolute atomic E-state index is 10.4. The third kappa shape index (κ3) is 2.87. The number of rotatable bonds is 3. The van der Waals surface area contributed by atoms with Crippen molar-refractivity contribution in [1.29, 1.82) is 5.26 Å². The molecule has 1 unspecified atom stereocenters. The van der Waals surface area contributed by atoms with Crippen molar-refractivity contribution in [3.63, 3.8) is 0 Å². The number of halogens is 1. The largest absolute Gasteiger partial charge is 0.496 e. The number of hydrogen-bond donors (Lipinski definition) is 1. The summed E-state index contributed by atoms with van der Waals surface area (Å²) in [5, 5.41) is 19.7. The molecule has 3 nitrogen and oxygen atoms in total. The fraction of sp³-hybridized carbons (Fsp3) is 0.133. The zero-order valence-corrected chi connectivity index (χ0v) is 11.1. The van der Waals surface area contributed by atoms with Gasteiger partial charge in [-0.05, 0) is 35.9 Å². The second-order valence-electron chi connectivity index (χ2n) is 4.02. The first-order valence-corrected chi connectivity index (χ1v) is 6.05. The number of nitriles is 1. The summed E-state index contributed by atoms with van der Waals surface area (Å²) in [6, 6.07) is 13.9. The van der Waals surface area contributed by atoms with Crippen LogP contribution in [0.5, 0.6) is 5.75 Å². The molecule has 0 spiro atoms. The van der Waals surface area contributed by atoms with Gasteiger partial charge in [0.1, 0.15) is 11.9 Å². The Kier molecular flexibility index (Phi) is 4.06. The molecule has 0 fully saturated rings. The lowest BCUT2D eigenvalue weighted by Crippen LogP contribution is -2.02. The summed E-state index contributed by atoms with van der Waals surface area (Å²) in [5.74, 6) is 0.571. The SMILES string of the molecule is COc1ccc(Cl)cc1C(O)c1ccc(C#N)cc1. The van der Waals surface area contributed by atoms with E-state index in [0.29, 0.717) is 27.5 Å². The summed E-state index contributed by atoms with van der Waals surface area (Å²) >= 11 is 5.94. The van der Waals surface area contributed by atoms with Crippen molar-refractivity contribution in [2.75, 3.05) is 7.11 Å². The summed E-state index contributed by atoms with van der Waals surface area (Å²) in [4.78, 5) is 0. The Labute approximate surface area is 116 Å². The third-order valence-corrected chi connectivity index (χ3v) is 3.08. The number of methoxy groups -OCH3 is 1. The Balaban J connectivity index is 2.40. The molecule has 0 aliphatic heterocycles. The van der Waals surface area contributed by atoms with Crippen LogP contribution in [0.15, 0.2) is 42.5 Å². The predicted molar refractivity (Wildman–Crippen MR) is 73.2 cm³/mol. The summed E-state index contributed by atoms with van der Waals surface area (Å²) in [5.41, 5.74) is 1.83. The van der Waals surface area contributed by atoms with Gasteiger partial charge in [0.25, 0.3) is 0 Å². The molecule has 0 aromatic heterocycles. The number of benzene rings is 2. The zero-order chi connectivity index (χ0) is 13.8. The van der Waals surface area contributed by atoms with E-state index in [2.05, 4.69) is 0 Å². The van der Waals surface area contributed by atoms with Crippen molar-refractivity contribution in [2.45, 2.75) is 6.10 Å². The molecule has 0 radical (unpaired) electrons. The molecule has 0 saturated carbocycles. The van der Waals surface area contributed by atoms with E-state index in [1.54, 1.807) is 42.5 Å². The Morgan fingerprint density at radius 2 is 1.89 bits per heavy atom. The highest BCUT2D eigenvalue weighted by Crippen LogP contribution is 2.32. The van der Waals surface area contributed by atoms with Crippen molar-refractivity contribution < 1.29 is 9.84 Å². The Hall–Kier alpha value is -2.02. The molecule has 19 heavy (non-hydrogen) atoms. The van der Waals surface area contributed by atoms with E-state index in [1.165, 1.54) is 7.11 Å². The highest BCUT2D eigenvalue weighted by Gasteiger charge is 2.15. The Morgan fingerprint density at radius 1 is 1.21 bits per heavy atom. The minimum Gasteiger partial charge on any atom is -0.496 e. The lowest BCUT2D eigenvalue weighted by atomic mass is 10.00. The van der Waals surface area contributed by atoms with Crippen LogP contribution in [0, 0.1) is 11.3 Å². The number of aliphatic hydroxyl groups is 1. The van der Waals surface area contributed by atoms with E-state index in [-0.39, 0.29) is 0 Å². The molecular weight excluding hydrogens is 262 g/mol. The van der Waals surface area contributed by atoms with Gasteiger partial charge in [0.2, 0.25) is 0 Å². The molecule has 0 bridgehead atoms. The molecule has 0 heterocycles. The first kappa shape index (κ1) is 13.4. The molecule has 4 heteroatoms. The fourth-order valence-electron chi connectivity index (χ4n) is 1.84. The zero-order valence-electron chi connectivity index (χ0n) is 10.3. The second kappa shape index (κ2) is 5.75. The van der Waals surface area contributed by atoms with E-state index in [0.717, 1.165) is 0 Å². The summed E-state index contributed by atoms with van der Waals surface area (Å²) < 4.78 is 5.22. The molecule has 0 aliphatic carbocycles. The first-order chi connectivity index (χ1) is 9.15. The number of ether oxygens (including phenoxy) is 1. The highest BCUT2D eigenvalue weighted by molar-refractivity contribution is 6.30. The van der Waals surface area contributed by atoms with Gasteiger partial charge in [-0.3, -0.25) is 0 Å². The predicted octanol–water partition coefficient (Wildman–Crippen LogP) is 3.30. The minimum absolute atomic E-state index is 0.531. The van der Waals surface area contributed by atoms with E-state index < -0.39 is 6.10 Å². The molecule has 2 rings (SSSR count). The maximum Gasteiger partial charge on any atom is 0.125 e. The minimum atomic E-state index is -0.846. The first-order valence-electron chi connectivity index (χ1n) is 5.67. The lowest BCUT2D eigenvalue weighted by Gasteiger charge is -2.15. The van der Waals surface area contributed by atoms with Gasteiger partial charge in [-0.15, -0.1) is 0 Å². The van der Waals surface area contributed by atoms with Gasteiger partial charge in [0.15, 0.2) is 0 Å². The normalized spacial score (nSPS) is 11.7. The quantitative estimate of drug-likeness (QED) is 0.933. The Bertz CT molecular complexity index is 617. The van der Waals surface area contributed by atoms with Crippen LogP contribution in [0.2, 0.25) is 5.02 Å². The van der Waals surface area contributed by atoms with Gasteiger partial charge in [0, 0.05) is 10.6 Å². The molecule has 0 saturated heterocycles. The Morgan fingerprint density at radius 3 is 2.47 bits per heavy atom. The number of aliphatic hydroxyl groups excluding tert-OH is 1. The molecule has 0 amide bonds. The van der Waals surface area contributed by atoms with Crippen molar-refractivity contribution in [3.8, 4) is 11.8 Å². The molecule has 1 N–H and O–H groups in total. The van der Waals surface area contributed by atoms with Gasteiger partial charge in [-0.1, -0.05) is 23.7 Å². The van der Waals surface area contributed by atoms with Gasteiger partial charge in [-0.25, -0.2) is 0 Å². The van der Waals surface area contributed by atoms with Gasteiger partial charge < -0.3 is 9.84 Å². The average Bonchev–Trinajstić information content (AvgIpc) is 2.46. The maximum atomic E-state index is 10.4. The van der Waals surface area contributed by atoms with Crippen LogP contribution < -0.4 is 4.74 Å². The third-order valence-electron chi connectivity index (χ3n) is 2.84. The lowest BCUT2D eigenvalue weighted by molar-refractivity contribution is 0.214. The monoisotopic (exact) mass is 273 g/mol. The van der Waals surface area contributed by atoms with Crippen LogP contribution in [0.1, 0.15) is 22.8 Å². The summed E-state index contributed by atoms with van der Waals surface area (Å²) in [6.07, 6.45) is -0.846. The van der Waals surface area contributed by atoms with Crippen molar-refractivity contribution in [2.24, 2.45) is 0 Å². The van der Waals surface area contributed by atoms with Crippen LogP contribution in [-0.4, -0.2) is 12.2 Å². The van der Waals surface area contributed by atoms with Gasteiger partial charge >= 0.3 is 0 Å². The van der Waals surface area contributed by atoms with E-state index in [4.69, 9.17) is 21.6 Å². The second-order valence-corrected chi connectivity index (χ2v) is 4.46. The van der Waals surface area contributed by atoms with Gasteiger partial charge in [0.05, 0.1) is 18.7 Å². The van der Waals surface area contributed by atoms with Crippen molar-refractivity contribution >= 4 is 11.6 Å². The van der Waals surface area contributed by atoms with Crippen LogP contribution in [0.3, 0.4) is 0 Å². The molecule has 0 aliphatic rings. The molecule has 2 aromatic rings. The van der Waals surface area contributed by atoms with Crippen molar-refractivity contribution in [1.82, 2.24) is 0 Å². The van der Waals surface area contributed by atoms with Crippen molar-refractivity contribution in [3.05, 3.63) is 64.2 Å². The summed E-state index contributed by atoms with van der Waals surface area (Å²) in [7, 11) is 1.54. The molecule has 2 aromatic carbocycles. The van der Waals surface area contributed by atoms with Crippen LogP contribution >= 0.6 is 11.6 Å². The van der Waals surface area contributed by atoms with Crippen LogP contribution in [0.25, 0.3) is 0 Å². The standard InChI is InChI=1S/C15H12ClNO2/c1-19-14-7-6-12(16)8-13(14)15(18)11-4-2-10(9-17)3-5-11/h2-8,15,18H,1H3. The highest BCUT2D eigenvalue weighted by atomic mass is 35.5. The van der Waals surface area contributed by atoms with Crippen LogP contribution in [0.4, 0.5) is 0 Å². The fourth-order valence-corrected chi connectivity index (χ4v) is 2.02. The van der Waals surface area contributed by atoms with Gasteiger partial charge in [-0.2, -0.15) is 5.26 Å². The molecule has 96 valence electrons. The number of nitrogens with zero attached hydrogens (tertiary/aromatic N) is 1. The van der Waals surface area contributed by atoms with E-state index in [9.17, 15) is 5.11 Å². The average molecular weight is 274 g/mol. The molecule has 1 atom stereocenters. The van der Waals surface area contributed by atoms with Crippen LogP contribution in [-0.2, 0) is 0 Å². The topological polar surface area (TPSA) is 53.2 Å². The smallest absolute Gasteiger partial charge is 0.125 e.